The molecule has 0 saturated heterocycles. The Bertz CT molecular complexity index is 595. The van der Waals surface area contributed by atoms with Crippen LogP contribution in [0.15, 0.2) is 12.1 Å². The lowest BCUT2D eigenvalue weighted by molar-refractivity contribution is -0.116. The zero-order valence-electron chi connectivity index (χ0n) is 13.4. The summed E-state index contributed by atoms with van der Waals surface area (Å²) in [6, 6.07) is 2.73. The van der Waals surface area contributed by atoms with Gasteiger partial charge in [-0.2, -0.15) is 0 Å². The normalized spacial score (nSPS) is 13.7. The molecule has 0 bridgehead atoms. The predicted molar refractivity (Wildman–Crippen MR) is 90.4 cm³/mol. The van der Waals surface area contributed by atoms with Gasteiger partial charge in [0.05, 0.1) is 11.1 Å². The molecule has 4 N–H and O–H groups in total. The van der Waals surface area contributed by atoms with Crippen molar-refractivity contribution in [1.29, 1.82) is 0 Å². The zero-order chi connectivity index (χ0) is 16.3. The van der Waals surface area contributed by atoms with Gasteiger partial charge in [-0.15, -0.1) is 12.4 Å². The fraction of sp³-hybridized carbons (Fsp3) is 0.500. The van der Waals surface area contributed by atoms with Crippen molar-refractivity contribution in [2.45, 2.75) is 45.1 Å². The van der Waals surface area contributed by atoms with Crippen LogP contribution in [0.3, 0.4) is 0 Å². The van der Waals surface area contributed by atoms with Gasteiger partial charge in [0.2, 0.25) is 5.91 Å². The molecule has 0 aromatic heterocycles. The Morgan fingerprint density at radius 1 is 1.35 bits per heavy atom. The van der Waals surface area contributed by atoms with E-state index >= 15 is 0 Å². The van der Waals surface area contributed by atoms with E-state index in [9.17, 15) is 14.0 Å². The highest BCUT2D eigenvalue weighted by molar-refractivity contribution is 5.98. The van der Waals surface area contributed by atoms with E-state index in [0.717, 1.165) is 5.56 Å². The van der Waals surface area contributed by atoms with Gasteiger partial charge >= 0.3 is 0 Å². The van der Waals surface area contributed by atoms with Crippen LogP contribution in [0.2, 0.25) is 0 Å². The number of halogens is 2. The first-order valence-electron chi connectivity index (χ1n) is 7.59. The molecule has 0 spiro atoms. The Kier molecular flexibility index (Phi) is 6.53. The fourth-order valence-corrected chi connectivity index (χ4v) is 2.65. The highest BCUT2D eigenvalue weighted by Crippen LogP contribution is 2.26. The first-order chi connectivity index (χ1) is 10.4. The standard InChI is InChI=1S/C16H22FN3O2.ClH/c1-3-16(4-2,9-18)20-15(22)11-7-10-5-6-14(21)19-13(10)8-12(11)17;/h7-8H,3-6,9,18H2,1-2H3,(H,19,21)(H,20,22);1H. The Morgan fingerprint density at radius 2 is 2.00 bits per heavy atom. The topological polar surface area (TPSA) is 84.2 Å². The number of carbonyl (C=O) groups excluding carboxylic acids is 2. The molecule has 2 amide bonds. The minimum atomic E-state index is -0.642. The van der Waals surface area contributed by atoms with Crippen LogP contribution in [0.5, 0.6) is 0 Å². The quantitative estimate of drug-likeness (QED) is 0.767. The molecule has 0 saturated carbocycles. The van der Waals surface area contributed by atoms with E-state index in [2.05, 4.69) is 10.6 Å². The van der Waals surface area contributed by atoms with E-state index in [0.29, 0.717) is 37.9 Å². The fourth-order valence-electron chi connectivity index (χ4n) is 2.65. The molecule has 0 unspecified atom stereocenters. The minimum absolute atomic E-state index is 0. The molecule has 2 rings (SSSR count). The van der Waals surface area contributed by atoms with Crippen molar-refractivity contribution in [3.8, 4) is 0 Å². The number of nitrogens with two attached hydrogens (primary N) is 1. The minimum Gasteiger partial charge on any atom is -0.345 e. The zero-order valence-corrected chi connectivity index (χ0v) is 14.2. The molecule has 1 aromatic carbocycles. The molecule has 1 aliphatic heterocycles. The van der Waals surface area contributed by atoms with Gasteiger partial charge in [-0.3, -0.25) is 9.59 Å². The lowest BCUT2D eigenvalue weighted by Gasteiger charge is -2.31. The molecule has 1 aliphatic rings. The summed E-state index contributed by atoms with van der Waals surface area (Å²) < 4.78 is 14.2. The Hall–Kier alpha value is -1.66. The molecule has 0 aliphatic carbocycles. The van der Waals surface area contributed by atoms with E-state index in [-0.39, 0.29) is 23.9 Å². The predicted octanol–water partition coefficient (Wildman–Crippen LogP) is 2.38. The second kappa shape index (κ2) is 7.75. The van der Waals surface area contributed by atoms with E-state index in [1.807, 2.05) is 13.8 Å². The van der Waals surface area contributed by atoms with E-state index < -0.39 is 17.3 Å². The smallest absolute Gasteiger partial charge is 0.254 e. The Balaban J connectivity index is 0.00000264. The summed E-state index contributed by atoms with van der Waals surface area (Å²) in [7, 11) is 0. The number of hydrogen-bond acceptors (Lipinski definition) is 3. The van der Waals surface area contributed by atoms with Crippen molar-refractivity contribution >= 4 is 29.9 Å². The number of benzene rings is 1. The monoisotopic (exact) mass is 343 g/mol. The maximum absolute atomic E-state index is 14.2. The molecule has 7 heteroatoms. The van der Waals surface area contributed by atoms with Crippen LogP contribution in [-0.2, 0) is 11.2 Å². The highest BCUT2D eigenvalue weighted by Gasteiger charge is 2.28. The molecule has 0 radical (unpaired) electrons. The van der Waals surface area contributed by atoms with Crippen molar-refractivity contribution in [3.63, 3.8) is 0 Å². The molecule has 1 heterocycles. The van der Waals surface area contributed by atoms with Crippen molar-refractivity contribution in [3.05, 3.63) is 29.1 Å². The maximum atomic E-state index is 14.2. The number of rotatable bonds is 5. The lowest BCUT2D eigenvalue weighted by Crippen LogP contribution is -2.53. The largest absolute Gasteiger partial charge is 0.345 e. The van der Waals surface area contributed by atoms with Crippen molar-refractivity contribution in [1.82, 2.24) is 5.32 Å². The first kappa shape index (κ1) is 19.4. The van der Waals surface area contributed by atoms with Crippen molar-refractivity contribution in [2.75, 3.05) is 11.9 Å². The van der Waals surface area contributed by atoms with Crippen LogP contribution < -0.4 is 16.4 Å². The summed E-state index contributed by atoms with van der Waals surface area (Å²) in [5, 5.41) is 5.48. The summed E-state index contributed by atoms with van der Waals surface area (Å²) >= 11 is 0. The molecule has 23 heavy (non-hydrogen) atoms. The second-order valence-corrected chi connectivity index (χ2v) is 5.68. The third-order valence-electron chi connectivity index (χ3n) is 4.46. The first-order valence-corrected chi connectivity index (χ1v) is 7.59. The summed E-state index contributed by atoms with van der Waals surface area (Å²) in [4.78, 5) is 23.7. The van der Waals surface area contributed by atoms with Crippen molar-refractivity contribution < 1.29 is 14.0 Å². The molecule has 1 aromatic rings. The third kappa shape index (κ3) is 4.00. The van der Waals surface area contributed by atoms with Gasteiger partial charge in [-0.1, -0.05) is 13.8 Å². The van der Waals surface area contributed by atoms with Crippen LogP contribution in [0.4, 0.5) is 10.1 Å². The third-order valence-corrected chi connectivity index (χ3v) is 4.46. The number of amides is 2. The van der Waals surface area contributed by atoms with Gasteiger partial charge in [0.15, 0.2) is 0 Å². The van der Waals surface area contributed by atoms with Gasteiger partial charge in [-0.25, -0.2) is 4.39 Å². The lowest BCUT2D eigenvalue weighted by atomic mass is 9.92. The molecular formula is C16H23ClFN3O2. The van der Waals surface area contributed by atoms with E-state index in [4.69, 9.17) is 5.73 Å². The Labute approximate surface area is 141 Å². The Morgan fingerprint density at radius 3 is 2.57 bits per heavy atom. The van der Waals surface area contributed by atoms with Crippen LogP contribution >= 0.6 is 12.4 Å². The second-order valence-electron chi connectivity index (χ2n) is 5.68. The summed E-state index contributed by atoms with van der Waals surface area (Å²) in [5.74, 6) is -1.24. The molecule has 0 atom stereocenters. The molecule has 128 valence electrons. The molecular weight excluding hydrogens is 321 g/mol. The summed E-state index contributed by atoms with van der Waals surface area (Å²) in [6.45, 7) is 4.18. The van der Waals surface area contributed by atoms with Gasteiger partial charge < -0.3 is 16.4 Å². The molecule has 0 fully saturated rings. The van der Waals surface area contributed by atoms with Crippen LogP contribution in [0, 0.1) is 5.82 Å². The molecule has 5 nitrogen and oxygen atoms in total. The van der Waals surface area contributed by atoms with E-state index in [1.54, 1.807) is 0 Å². The average Bonchev–Trinajstić information content (AvgIpc) is 2.51. The van der Waals surface area contributed by atoms with Crippen LogP contribution in [0.25, 0.3) is 0 Å². The van der Waals surface area contributed by atoms with Crippen LogP contribution in [0.1, 0.15) is 49.0 Å². The number of nitrogens with one attached hydrogen (secondary N) is 2. The number of fused-ring (bicyclic) bond motifs is 1. The number of anilines is 1. The van der Waals surface area contributed by atoms with Gasteiger partial charge in [0, 0.05) is 18.7 Å². The van der Waals surface area contributed by atoms with Gasteiger partial charge in [-0.05, 0) is 37.0 Å². The number of aryl methyl sites for hydroxylation is 1. The average molecular weight is 344 g/mol. The van der Waals surface area contributed by atoms with Crippen LogP contribution in [-0.4, -0.2) is 23.9 Å². The van der Waals surface area contributed by atoms with Crippen molar-refractivity contribution in [2.24, 2.45) is 5.73 Å². The maximum Gasteiger partial charge on any atom is 0.254 e. The SMILES string of the molecule is CCC(CC)(CN)NC(=O)c1cc2c(cc1F)NC(=O)CC2.Cl. The highest BCUT2D eigenvalue weighted by atomic mass is 35.5. The van der Waals surface area contributed by atoms with Gasteiger partial charge in [0.1, 0.15) is 5.82 Å². The number of carbonyl (C=O) groups is 2. The summed E-state index contributed by atoms with van der Waals surface area (Å²) in [5.41, 5.74) is 6.46. The van der Waals surface area contributed by atoms with Gasteiger partial charge in [0.25, 0.3) is 5.91 Å². The number of hydrogen-bond donors (Lipinski definition) is 3. The summed E-state index contributed by atoms with van der Waals surface area (Å²) in [6.07, 6.45) is 2.20. The van der Waals surface area contributed by atoms with E-state index in [1.165, 1.54) is 12.1 Å².